The smallest absolute Gasteiger partial charge is 0.414 e. The molecule has 0 radical (unpaired) electrons. The van der Waals surface area contributed by atoms with Gasteiger partial charge in [0.25, 0.3) is 5.24 Å². The van der Waals surface area contributed by atoms with Gasteiger partial charge in [0.1, 0.15) is 13.2 Å². The van der Waals surface area contributed by atoms with Gasteiger partial charge in [-0.05, 0) is 23.5 Å². The maximum absolute atomic E-state index is 12.1. The first kappa shape index (κ1) is 16.6. The van der Waals surface area contributed by atoms with Crippen LogP contribution in [0, 0.1) is 0 Å². The Morgan fingerprint density at radius 3 is 2.29 bits per heavy atom. The zero-order valence-electron chi connectivity index (χ0n) is 12.5. The van der Waals surface area contributed by atoms with Crippen LogP contribution in [-0.4, -0.2) is 43.7 Å². The van der Waals surface area contributed by atoms with E-state index in [2.05, 4.69) is 0 Å². The highest BCUT2D eigenvalue weighted by molar-refractivity contribution is 7.32. The molecule has 2 amide bonds. The summed E-state index contributed by atoms with van der Waals surface area (Å²) in [6.45, 7) is 1.05. The predicted molar refractivity (Wildman–Crippen MR) is 91.1 cm³/mol. The van der Waals surface area contributed by atoms with Crippen molar-refractivity contribution in [3.8, 4) is 0 Å². The Labute approximate surface area is 144 Å². The largest absolute Gasteiger partial charge is 0.447 e. The molecule has 2 saturated heterocycles. The SMILES string of the molecule is O=C(Cl)c1[pH]cccccc(N2CCOC2=O)c1N1CCOC1=O. The van der Waals surface area contributed by atoms with Crippen LogP contribution in [0.5, 0.6) is 0 Å². The van der Waals surface area contributed by atoms with Crippen LogP contribution in [0.1, 0.15) is 10.1 Å². The Hall–Kier alpha value is -2.24. The number of anilines is 2. The van der Waals surface area contributed by atoms with Gasteiger partial charge in [0.2, 0.25) is 0 Å². The van der Waals surface area contributed by atoms with Gasteiger partial charge in [0.05, 0.1) is 29.8 Å². The molecule has 0 aliphatic carbocycles. The molecule has 2 aliphatic heterocycles. The minimum Gasteiger partial charge on any atom is -0.447 e. The van der Waals surface area contributed by atoms with Crippen LogP contribution in [0.4, 0.5) is 21.0 Å². The van der Waals surface area contributed by atoms with Gasteiger partial charge in [-0.25, -0.2) is 9.59 Å². The monoisotopic (exact) mass is 368 g/mol. The Bertz CT molecular complexity index is 749. The number of hydrogen-bond donors (Lipinski definition) is 0. The first-order valence-corrected chi connectivity index (χ1v) is 8.68. The average molecular weight is 369 g/mol. The molecule has 0 bridgehead atoms. The van der Waals surface area contributed by atoms with Crippen molar-refractivity contribution in [3.05, 3.63) is 35.4 Å². The minimum atomic E-state index is -0.673. The van der Waals surface area contributed by atoms with E-state index in [9.17, 15) is 14.4 Å². The number of carbonyl (C=O) groups excluding carboxylic acids is 3. The van der Waals surface area contributed by atoms with Crippen molar-refractivity contribution in [1.82, 2.24) is 0 Å². The lowest BCUT2D eigenvalue weighted by Gasteiger charge is -2.22. The Morgan fingerprint density at radius 1 is 1.04 bits per heavy atom. The molecule has 3 heterocycles. The molecular formula is C15H14ClN2O5P. The van der Waals surface area contributed by atoms with Gasteiger partial charge in [-0.15, -0.1) is 8.19 Å². The second kappa shape index (κ2) is 7.11. The maximum Gasteiger partial charge on any atom is 0.414 e. The van der Waals surface area contributed by atoms with Crippen LogP contribution in [0.3, 0.4) is 0 Å². The van der Waals surface area contributed by atoms with Gasteiger partial charge in [-0.2, -0.15) is 0 Å². The summed E-state index contributed by atoms with van der Waals surface area (Å²) < 4.78 is 9.98. The quantitative estimate of drug-likeness (QED) is 0.766. The number of nitrogens with zero attached hydrogens (tertiary/aromatic N) is 2. The van der Waals surface area contributed by atoms with Crippen LogP contribution in [0.25, 0.3) is 0 Å². The molecule has 1 aromatic rings. The van der Waals surface area contributed by atoms with Gasteiger partial charge >= 0.3 is 12.2 Å². The van der Waals surface area contributed by atoms with E-state index >= 15 is 0 Å². The van der Waals surface area contributed by atoms with Gasteiger partial charge in [-0.1, -0.05) is 18.2 Å². The van der Waals surface area contributed by atoms with Crippen molar-refractivity contribution in [2.45, 2.75) is 0 Å². The van der Waals surface area contributed by atoms with Crippen LogP contribution in [0.15, 0.2) is 30.1 Å². The fourth-order valence-electron chi connectivity index (χ4n) is 2.52. The van der Waals surface area contributed by atoms with Crippen molar-refractivity contribution in [1.29, 1.82) is 0 Å². The topological polar surface area (TPSA) is 76.2 Å². The van der Waals surface area contributed by atoms with Crippen molar-refractivity contribution in [2.24, 2.45) is 0 Å². The summed E-state index contributed by atoms with van der Waals surface area (Å²) in [6, 6.07) is 6.94. The highest BCUT2D eigenvalue weighted by atomic mass is 35.5. The highest BCUT2D eigenvalue weighted by Crippen LogP contribution is 2.38. The third-order valence-electron chi connectivity index (χ3n) is 3.56. The molecule has 0 spiro atoms. The Balaban J connectivity index is 2.31. The molecule has 1 atom stereocenters. The molecule has 9 heteroatoms. The Kier molecular flexibility index (Phi) is 4.92. The summed E-state index contributed by atoms with van der Waals surface area (Å²) in [6.07, 6.45) is -1.10. The third kappa shape index (κ3) is 3.18. The number of amides is 2. The molecule has 0 aromatic carbocycles. The highest BCUT2D eigenvalue weighted by Gasteiger charge is 2.33. The molecule has 1 aromatic heterocycles. The van der Waals surface area contributed by atoms with Crippen LogP contribution in [-0.2, 0) is 9.47 Å². The summed E-state index contributed by atoms with van der Waals surface area (Å²) in [4.78, 5) is 38.9. The van der Waals surface area contributed by atoms with E-state index in [0.29, 0.717) is 17.9 Å². The van der Waals surface area contributed by atoms with Gasteiger partial charge < -0.3 is 9.47 Å². The summed E-state index contributed by atoms with van der Waals surface area (Å²) in [5, 5.41) is -0.422. The van der Waals surface area contributed by atoms with E-state index in [4.69, 9.17) is 21.1 Å². The molecule has 2 aliphatic rings. The van der Waals surface area contributed by atoms with Crippen LogP contribution in [0.2, 0.25) is 0 Å². The second-order valence-corrected chi connectivity index (χ2v) is 6.43. The van der Waals surface area contributed by atoms with E-state index < -0.39 is 17.4 Å². The molecule has 24 heavy (non-hydrogen) atoms. The normalized spacial score (nSPS) is 17.0. The summed E-state index contributed by atoms with van der Waals surface area (Å²) >= 11 is 5.78. The van der Waals surface area contributed by atoms with E-state index in [1.165, 1.54) is 9.80 Å². The third-order valence-corrected chi connectivity index (χ3v) is 5.02. The number of cyclic esters (lactones) is 2. The molecule has 0 saturated carbocycles. The molecular weight excluding hydrogens is 355 g/mol. The molecule has 7 nitrogen and oxygen atoms in total. The lowest BCUT2D eigenvalue weighted by atomic mass is 10.2. The fraction of sp³-hybridized carbons (Fsp3) is 0.267. The lowest BCUT2D eigenvalue weighted by molar-refractivity contribution is 0.108. The fourth-order valence-corrected chi connectivity index (χ4v) is 3.66. The molecule has 126 valence electrons. The number of ether oxygens (including phenoxy) is 2. The summed E-state index contributed by atoms with van der Waals surface area (Å²) in [5.74, 6) is 1.78. The zero-order chi connectivity index (χ0) is 17.1. The number of carbonyl (C=O) groups is 3. The van der Waals surface area contributed by atoms with Crippen molar-refractivity contribution < 1.29 is 23.9 Å². The molecule has 3 rings (SSSR count). The second-order valence-electron chi connectivity index (χ2n) is 4.97. The van der Waals surface area contributed by atoms with Gasteiger partial charge in [0, 0.05) is 0 Å². The van der Waals surface area contributed by atoms with Gasteiger partial charge in [0.15, 0.2) is 0 Å². The predicted octanol–water partition coefficient (Wildman–Crippen LogP) is 3.13. The first-order valence-electron chi connectivity index (χ1n) is 7.22. The van der Waals surface area contributed by atoms with E-state index in [-0.39, 0.29) is 33.2 Å². The summed E-state index contributed by atoms with van der Waals surface area (Å²) in [5.41, 5.74) is 0.693. The number of hydrogen-bond acceptors (Lipinski definition) is 5. The molecule has 2 fully saturated rings. The number of rotatable bonds is 3. The van der Waals surface area contributed by atoms with E-state index in [1.807, 2.05) is 0 Å². The van der Waals surface area contributed by atoms with Crippen molar-refractivity contribution in [2.75, 3.05) is 36.1 Å². The molecule has 0 N–H and O–H groups in total. The first-order chi connectivity index (χ1) is 11.6. The van der Waals surface area contributed by atoms with Gasteiger partial charge in [-0.3, -0.25) is 14.6 Å². The minimum absolute atomic E-state index is 0.0547. The maximum atomic E-state index is 12.1. The van der Waals surface area contributed by atoms with Crippen LogP contribution >= 0.6 is 19.8 Å². The standard InChI is InChI=1S/C15H14ClN2O5P/c16-13(19)12-11(18-6-8-23-15(18)21)10(4-2-1-3-9-24-12)17-5-7-22-14(17)20/h1-4,9,24H,5-8H2. The zero-order valence-corrected chi connectivity index (χ0v) is 14.3. The van der Waals surface area contributed by atoms with Crippen molar-refractivity contribution >= 4 is 48.6 Å². The van der Waals surface area contributed by atoms with E-state index in [1.54, 1.807) is 30.1 Å². The lowest BCUT2D eigenvalue weighted by Crippen LogP contribution is -2.30. The van der Waals surface area contributed by atoms with E-state index in [0.717, 1.165) is 0 Å². The van der Waals surface area contributed by atoms with Crippen LogP contribution < -0.4 is 9.80 Å². The van der Waals surface area contributed by atoms with Crippen molar-refractivity contribution in [3.63, 3.8) is 0 Å². The number of halogens is 1. The molecule has 1 unspecified atom stereocenters. The average Bonchev–Trinajstić information content (AvgIpc) is 3.16. The summed E-state index contributed by atoms with van der Waals surface area (Å²) in [7, 11) is -0.0547. The Morgan fingerprint density at radius 2 is 1.71 bits per heavy atom.